The molecule has 1 fully saturated rings. The molecule has 1 heterocycles. The van der Waals surface area contributed by atoms with E-state index in [1.165, 1.54) is 30.4 Å². The molecule has 0 saturated heterocycles. The highest BCUT2D eigenvalue weighted by molar-refractivity contribution is 5.39. The van der Waals surface area contributed by atoms with Crippen LogP contribution in [0.5, 0.6) is 5.75 Å². The van der Waals surface area contributed by atoms with Crippen molar-refractivity contribution in [1.29, 1.82) is 0 Å². The molecule has 0 aromatic heterocycles. The Kier molecular flexibility index (Phi) is 4.02. The second-order valence-electron chi connectivity index (χ2n) is 6.77. The fourth-order valence-electron chi connectivity index (χ4n) is 4.01. The van der Waals surface area contributed by atoms with Crippen LogP contribution < -0.4 is 10.1 Å². The van der Waals surface area contributed by atoms with Crippen LogP contribution in [0, 0.1) is 17.8 Å². The van der Waals surface area contributed by atoms with Crippen LogP contribution in [0.1, 0.15) is 50.3 Å². The van der Waals surface area contributed by atoms with E-state index in [0.29, 0.717) is 6.04 Å². The van der Waals surface area contributed by atoms with Crippen molar-refractivity contribution in [2.24, 2.45) is 17.8 Å². The number of hydrogen-bond donors (Lipinski definition) is 1. The van der Waals surface area contributed by atoms with E-state index in [4.69, 9.17) is 4.74 Å². The summed E-state index contributed by atoms with van der Waals surface area (Å²) in [5, 5.41) is 3.78. The molecule has 1 aliphatic carbocycles. The Hall–Kier alpha value is -1.02. The second kappa shape index (κ2) is 5.77. The Balaban J connectivity index is 1.83. The third-order valence-electron chi connectivity index (χ3n) is 5.55. The van der Waals surface area contributed by atoms with E-state index in [1.807, 2.05) is 0 Å². The summed E-state index contributed by atoms with van der Waals surface area (Å²) in [5.41, 5.74) is 3.00. The van der Waals surface area contributed by atoms with Crippen LogP contribution in [0.25, 0.3) is 0 Å². The standard InChI is InChI=1S/C18H27NO/c1-12-4-5-15(10-13(12)2)18-17-7-6-16(20-3)11-14(17)8-9-19-18/h6-7,11-13,15,18-19H,4-5,8-10H2,1-3H3. The van der Waals surface area contributed by atoms with Gasteiger partial charge >= 0.3 is 0 Å². The average molecular weight is 273 g/mol. The predicted octanol–water partition coefficient (Wildman–Crippen LogP) is 3.95. The number of rotatable bonds is 2. The van der Waals surface area contributed by atoms with Gasteiger partial charge in [0.15, 0.2) is 0 Å². The lowest BCUT2D eigenvalue weighted by Crippen LogP contribution is -2.37. The Morgan fingerprint density at radius 3 is 2.75 bits per heavy atom. The molecule has 1 aromatic rings. The van der Waals surface area contributed by atoms with Gasteiger partial charge in [-0.05, 0) is 66.8 Å². The number of hydrogen-bond acceptors (Lipinski definition) is 2. The first kappa shape index (κ1) is 13.9. The zero-order chi connectivity index (χ0) is 14.1. The van der Waals surface area contributed by atoms with E-state index >= 15 is 0 Å². The molecule has 1 saturated carbocycles. The highest BCUT2D eigenvalue weighted by Crippen LogP contribution is 2.42. The quantitative estimate of drug-likeness (QED) is 0.881. The van der Waals surface area contributed by atoms with Gasteiger partial charge in [0.05, 0.1) is 7.11 Å². The van der Waals surface area contributed by atoms with Gasteiger partial charge in [0.2, 0.25) is 0 Å². The summed E-state index contributed by atoms with van der Waals surface area (Å²) in [4.78, 5) is 0. The van der Waals surface area contributed by atoms with E-state index in [1.54, 1.807) is 7.11 Å². The zero-order valence-corrected chi connectivity index (χ0v) is 13.0. The van der Waals surface area contributed by atoms with Crippen molar-refractivity contribution in [2.45, 2.75) is 45.6 Å². The molecule has 0 bridgehead atoms. The lowest BCUT2D eigenvalue weighted by Gasteiger charge is -2.39. The van der Waals surface area contributed by atoms with Gasteiger partial charge in [-0.3, -0.25) is 0 Å². The lowest BCUT2D eigenvalue weighted by atomic mass is 9.71. The summed E-state index contributed by atoms with van der Waals surface area (Å²) >= 11 is 0. The highest BCUT2D eigenvalue weighted by atomic mass is 16.5. The van der Waals surface area contributed by atoms with Gasteiger partial charge in [0, 0.05) is 6.04 Å². The molecule has 4 atom stereocenters. The molecule has 3 rings (SSSR count). The van der Waals surface area contributed by atoms with E-state index in [9.17, 15) is 0 Å². The first-order valence-corrected chi connectivity index (χ1v) is 8.09. The Morgan fingerprint density at radius 2 is 2.00 bits per heavy atom. The first-order valence-electron chi connectivity index (χ1n) is 8.09. The molecular formula is C18H27NO. The molecule has 2 heteroatoms. The van der Waals surface area contributed by atoms with Gasteiger partial charge in [0.1, 0.15) is 5.75 Å². The Bertz CT molecular complexity index is 470. The summed E-state index contributed by atoms with van der Waals surface area (Å²) in [6.07, 6.45) is 5.25. The fraction of sp³-hybridized carbons (Fsp3) is 0.667. The SMILES string of the molecule is COc1ccc2c(c1)CCNC2C1CCC(C)C(C)C1. The van der Waals surface area contributed by atoms with Crippen molar-refractivity contribution in [2.75, 3.05) is 13.7 Å². The molecule has 1 N–H and O–H groups in total. The van der Waals surface area contributed by atoms with Crippen LogP contribution in [0.4, 0.5) is 0 Å². The monoisotopic (exact) mass is 273 g/mol. The minimum absolute atomic E-state index is 0.555. The first-order chi connectivity index (χ1) is 9.69. The molecular weight excluding hydrogens is 246 g/mol. The van der Waals surface area contributed by atoms with Gasteiger partial charge < -0.3 is 10.1 Å². The van der Waals surface area contributed by atoms with Crippen molar-refractivity contribution < 1.29 is 4.74 Å². The molecule has 0 amide bonds. The summed E-state index contributed by atoms with van der Waals surface area (Å²) in [5.74, 6) is 3.55. The van der Waals surface area contributed by atoms with Gasteiger partial charge in [-0.25, -0.2) is 0 Å². The molecule has 2 nitrogen and oxygen atoms in total. The topological polar surface area (TPSA) is 21.3 Å². The van der Waals surface area contributed by atoms with Crippen LogP contribution in [-0.2, 0) is 6.42 Å². The maximum atomic E-state index is 5.37. The van der Waals surface area contributed by atoms with Crippen LogP contribution >= 0.6 is 0 Å². The summed E-state index contributed by atoms with van der Waals surface area (Å²) in [7, 11) is 1.75. The minimum Gasteiger partial charge on any atom is -0.497 e. The van der Waals surface area contributed by atoms with E-state index in [2.05, 4.69) is 37.4 Å². The molecule has 0 spiro atoms. The third kappa shape index (κ3) is 2.58. The van der Waals surface area contributed by atoms with Crippen molar-refractivity contribution in [3.05, 3.63) is 29.3 Å². The molecule has 1 aliphatic heterocycles. The van der Waals surface area contributed by atoms with Crippen LogP contribution in [0.2, 0.25) is 0 Å². The van der Waals surface area contributed by atoms with Crippen molar-refractivity contribution in [3.63, 3.8) is 0 Å². The number of methoxy groups -OCH3 is 1. The summed E-state index contributed by atoms with van der Waals surface area (Å²) in [6, 6.07) is 7.19. The fourth-order valence-corrected chi connectivity index (χ4v) is 4.01. The van der Waals surface area contributed by atoms with Gasteiger partial charge in [0.25, 0.3) is 0 Å². The van der Waals surface area contributed by atoms with E-state index in [0.717, 1.165) is 36.5 Å². The molecule has 110 valence electrons. The van der Waals surface area contributed by atoms with Crippen LogP contribution in [0.15, 0.2) is 18.2 Å². The van der Waals surface area contributed by atoms with Gasteiger partial charge in [-0.2, -0.15) is 0 Å². The maximum absolute atomic E-state index is 5.37. The molecule has 1 aromatic carbocycles. The highest BCUT2D eigenvalue weighted by Gasteiger charge is 2.33. The van der Waals surface area contributed by atoms with E-state index in [-0.39, 0.29) is 0 Å². The molecule has 0 radical (unpaired) electrons. The molecule has 2 aliphatic rings. The largest absolute Gasteiger partial charge is 0.497 e. The van der Waals surface area contributed by atoms with Crippen molar-refractivity contribution >= 4 is 0 Å². The summed E-state index contributed by atoms with van der Waals surface area (Å²) in [6.45, 7) is 5.94. The average Bonchev–Trinajstić information content (AvgIpc) is 2.49. The third-order valence-corrected chi connectivity index (χ3v) is 5.55. The molecule has 4 unspecified atom stereocenters. The Labute approximate surface area is 122 Å². The number of nitrogens with one attached hydrogen (secondary N) is 1. The van der Waals surface area contributed by atoms with Crippen LogP contribution in [0.3, 0.4) is 0 Å². The summed E-state index contributed by atoms with van der Waals surface area (Å²) < 4.78 is 5.37. The number of benzene rings is 1. The normalized spacial score (nSPS) is 33.5. The predicted molar refractivity (Wildman–Crippen MR) is 83.1 cm³/mol. The number of ether oxygens (including phenoxy) is 1. The lowest BCUT2D eigenvalue weighted by molar-refractivity contribution is 0.168. The van der Waals surface area contributed by atoms with E-state index < -0.39 is 0 Å². The molecule has 20 heavy (non-hydrogen) atoms. The second-order valence-corrected chi connectivity index (χ2v) is 6.77. The zero-order valence-electron chi connectivity index (χ0n) is 13.0. The Morgan fingerprint density at radius 1 is 1.15 bits per heavy atom. The number of fused-ring (bicyclic) bond motifs is 1. The maximum Gasteiger partial charge on any atom is 0.119 e. The van der Waals surface area contributed by atoms with Gasteiger partial charge in [-0.1, -0.05) is 26.3 Å². The van der Waals surface area contributed by atoms with Gasteiger partial charge in [-0.15, -0.1) is 0 Å². The van der Waals surface area contributed by atoms with Crippen molar-refractivity contribution in [3.8, 4) is 5.75 Å². The van der Waals surface area contributed by atoms with Crippen LogP contribution in [-0.4, -0.2) is 13.7 Å². The smallest absolute Gasteiger partial charge is 0.119 e. The minimum atomic E-state index is 0.555. The van der Waals surface area contributed by atoms with Crippen molar-refractivity contribution in [1.82, 2.24) is 5.32 Å².